The molecule has 0 saturated carbocycles. The van der Waals surface area contributed by atoms with Crippen molar-refractivity contribution in [3.8, 4) is 0 Å². The predicted molar refractivity (Wildman–Crippen MR) is 60.4 cm³/mol. The topological polar surface area (TPSA) is 0 Å². The monoisotopic (exact) mass is 190 g/mol. The van der Waals surface area contributed by atoms with Crippen molar-refractivity contribution in [1.82, 2.24) is 0 Å². The van der Waals surface area contributed by atoms with Gasteiger partial charge in [-0.2, -0.15) is 0 Å². The van der Waals surface area contributed by atoms with Crippen LogP contribution in [-0.2, 0) is 6.42 Å². The summed E-state index contributed by atoms with van der Waals surface area (Å²) in [4.78, 5) is 0. The summed E-state index contributed by atoms with van der Waals surface area (Å²) in [6, 6.07) is 8.87. The lowest BCUT2D eigenvalue weighted by molar-refractivity contribution is 0.799. The molecule has 0 atom stereocenters. The summed E-state index contributed by atoms with van der Waals surface area (Å²) >= 11 is 1.83. The second-order valence-corrected chi connectivity index (χ2v) is 4.30. The fourth-order valence-corrected chi connectivity index (χ4v) is 2.48. The zero-order valence-corrected chi connectivity index (χ0v) is 8.73. The maximum Gasteiger partial charge on any atom is 0.0345 e. The Labute approximate surface area is 83.2 Å². The Kier molecular flexibility index (Phi) is 2.65. The Morgan fingerprint density at radius 3 is 3.00 bits per heavy atom. The van der Waals surface area contributed by atoms with Crippen molar-refractivity contribution >= 4 is 21.4 Å². The molecule has 0 fully saturated rings. The lowest BCUT2D eigenvalue weighted by atomic mass is 10.1. The molecule has 1 aromatic heterocycles. The van der Waals surface area contributed by atoms with E-state index in [2.05, 4.69) is 36.6 Å². The maximum absolute atomic E-state index is 2.25. The fourth-order valence-electron chi connectivity index (χ4n) is 1.64. The molecule has 0 amide bonds. The lowest BCUT2D eigenvalue weighted by Crippen LogP contribution is -1.84. The summed E-state index contributed by atoms with van der Waals surface area (Å²) in [5, 5.41) is 3.64. The molecule has 0 nitrogen and oxygen atoms in total. The largest absolute Gasteiger partial charge is 0.144 e. The van der Waals surface area contributed by atoms with Gasteiger partial charge >= 0.3 is 0 Å². The number of aryl methyl sites for hydroxylation is 1. The van der Waals surface area contributed by atoms with Crippen LogP contribution in [0.15, 0.2) is 29.6 Å². The third kappa shape index (κ3) is 1.75. The molecule has 0 saturated heterocycles. The summed E-state index contributed by atoms with van der Waals surface area (Å²) in [5.41, 5.74) is 1.51. The SMILES string of the molecule is CCCCc1cccc2sccc12. The Morgan fingerprint density at radius 1 is 1.23 bits per heavy atom. The lowest BCUT2D eigenvalue weighted by Gasteiger charge is -2.01. The van der Waals surface area contributed by atoms with E-state index in [0.717, 1.165) is 0 Å². The van der Waals surface area contributed by atoms with Gasteiger partial charge in [-0.05, 0) is 41.3 Å². The highest BCUT2D eigenvalue weighted by atomic mass is 32.1. The first-order valence-electron chi connectivity index (χ1n) is 4.87. The summed E-state index contributed by atoms with van der Waals surface area (Å²) < 4.78 is 1.42. The molecule has 0 spiro atoms. The quantitative estimate of drug-likeness (QED) is 0.679. The molecule has 0 N–H and O–H groups in total. The van der Waals surface area contributed by atoms with Gasteiger partial charge in [0.2, 0.25) is 0 Å². The molecule has 13 heavy (non-hydrogen) atoms. The minimum atomic E-state index is 1.23. The fraction of sp³-hybridized carbons (Fsp3) is 0.333. The molecule has 68 valence electrons. The molecule has 0 aliphatic heterocycles. The number of unbranched alkanes of at least 4 members (excludes halogenated alkanes) is 1. The van der Waals surface area contributed by atoms with Crippen LogP contribution in [0.2, 0.25) is 0 Å². The van der Waals surface area contributed by atoms with Gasteiger partial charge in [0.05, 0.1) is 0 Å². The van der Waals surface area contributed by atoms with E-state index in [1.807, 2.05) is 11.3 Å². The summed E-state index contributed by atoms with van der Waals surface area (Å²) in [6.07, 6.45) is 3.81. The molecule has 0 radical (unpaired) electrons. The van der Waals surface area contributed by atoms with Gasteiger partial charge < -0.3 is 0 Å². The summed E-state index contributed by atoms with van der Waals surface area (Å²) in [7, 11) is 0. The van der Waals surface area contributed by atoms with Gasteiger partial charge in [0, 0.05) is 4.70 Å². The number of fused-ring (bicyclic) bond motifs is 1. The van der Waals surface area contributed by atoms with E-state index in [9.17, 15) is 0 Å². The van der Waals surface area contributed by atoms with E-state index in [1.54, 1.807) is 0 Å². The molecular formula is C12H14S. The van der Waals surface area contributed by atoms with Crippen LogP contribution in [-0.4, -0.2) is 0 Å². The van der Waals surface area contributed by atoms with E-state index in [4.69, 9.17) is 0 Å². The van der Waals surface area contributed by atoms with Gasteiger partial charge in [0.15, 0.2) is 0 Å². The van der Waals surface area contributed by atoms with E-state index in [0.29, 0.717) is 0 Å². The van der Waals surface area contributed by atoms with E-state index in [1.165, 1.54) is 34.9 Å². The van der Waals surface area contributed by atoms with Crippen LogP contribution in [0.1, 0.15) is 25.3 Å². The normalized spacial score (nSPS) is 10.8. The maximum atomic E-state index is 2.25. The molecular weight excluding hydrogens is 176 g/mol. The van der Waals surface area contributed by atoms with Crippen molar-refractivity contribution < 1.29 is 0 Å². The second kappa shape index (κ2) is 3.93. The number of thiophene rings is 1. The first kappa shape index (κ1) is 8.76. The van der Waals surface area contributed by atoms with Crippen molar-refractivity contribution in [1.29, 1.82) is 0 Å². The second-order valence-electron chi connectivity index (χ2n) is 3.35. The standard InChI is InChI=1S/C12H14S/c1-2-3-5-10-6-4-7-12-11(10)8-9-13-12/h4,6-9H,2-3,5H2,1H3. The van der Waals surface area contributed by atoms with Crippen LogP contribution < -0.4 is 0 Å². The van der Waals surface area contributed by atoms with Gasteiger partial charge in [-0.15, -0.1) is 11.3 Å². The van der Waals surface area contributed by atoms with Crippen molar-refractivity contribution in [3.63, 3.8) is 0 Å². The van der Waals surface area contributed by atoms with Gasteiger partial charge in [0.25, 0.3) is 0 Å². The smallest absolute Gasteiger partial charge is 0.0345 e. The molecule has 0 unspecified atom stereocenters. The summed E-state index contributed by atoms with van der Waals surface area (Å²) in [5.74, 6) is 0. The minimum absolute atomic E-state index is 1.23. The van der Waals surface area contributed by atoms with Gasteiger partial charge in [-0.3, -0.25) is 0 Å². The molecule has 1 heterocycles. The van der Waals surface area contributed by atoms with E-state index >= 15 is 0 Å². The zero-order valence-electron chi connectivity index (χ0n) is 7.92. The molecule has 0 aliphatic rings. The van der Waals surface area contributed by atoms with Crippen LogP contribution >= 0.6 is 11.3 Å². The third-order valence-electron chi connectivity index (χ3n) is 2.39. The first-order valence-corrected chi connectivity index (χ1v) is 5.75. The average molecular weight is 190 g/mol. The number of hydrogen-bond acceptors (Lipinski definition) is 1. The molecule has 2 aromatic rings. The Balaban J connectivity index is 2.37. The van der Waals surface area contributed by atoms with Crippen LogP contribution in [0.4, 0.5) is 0 Å². The van der Waals surface area contributed by atoms with Crippen molar-refractivity contribution in [3.05, 3.63) is 35.2 Å². The van der Waals surface area contributed by atoms with E-state index < -0.39 is 0 Å². The Bertz CT molecular complexity index is 387. The van der Waals surface area contributed by atoms with Crippen LogP contribution in [0.25, 0.3) is 10.1 Å². The third-order valence-corrected chi connectivity index (χ3v) is 3.27. The number of hydrogen-bond donors (Lipinski definition) is 0. The van der Waals surface area contributed by atoms with E-state index in [-0.39, 0.29) is 0 Å². The molecule has 2 rings (SSSR count). The van der Waals surface area contributed by atoms with Crippen LogP contribution in [0.3, 0.4) is 0 Å². The first-order chi connectivity index (χ1) is 6.42. The zero-order chi connectivity index (χ0) is 9.10. The van der Waals surface area contributed by atoms with Gasteiger partial charge in [-0.1, -0.05) is 25.5 Å². The van der Waals surface area contributed by atoms with Crippen LogP contribution in [0, 0.1) is 0 Å². The van der Waals surface area contributed by atoms with Crippen molar-refractivity contribution in [2.45, 2.75) is 26.2 Å². The highest BCUT2D eigenvalue weighted by molar-refractivity contribution is 7.17. The van der Waals surface area contributed by atoms with Gasteiger partial charge in [0.1, 0.15) is 0 Å². The molecule has 1 aromatic carbocycles. The summed E-state index contributed by atoms with van der Waals surface area (Å²) in [6.45, 7) is 2.24. The number of benzene rings is 1. The average Bonchev–Trinajstić information content (AvgIpc) is 2.62. The minimum Gasteiger partial charge on any atom is -0.144 e. The molecule has 0 aliphatic carbocycles. The molecule has 0 bridgehead atoms. The highest BCUT2D eigenvalue weighted by Crippen LogP contribution is 2.24. The number of rotatable bonds is 3. The molecule has 1 heteroatoms. The highest BCUT2D eigenvalue weighted by Gasteiger charge is 2.00. The van der Waals surface area contributed by atoms with Crippen molar-refractivity contribution in [2.75, 3.05) is 0 Å². The Hall–Kier alpha value is -0.820. The predicted octanol–water partition coefficient (Wildman–Crippen LogP) is 4.24. The van der Waals surface area contributed by atoms with Crippen LogP contribution in [0.5, 0.6) is 0 Å². The van der Waals surface area contributed by atoms with Crippen molar-refractivity contribution in [2.24, 2.45) is 0 Å². The van der Waals surface area contributed by atoms with Gasteiger partial charge in [-0.25, -0.2) is 0 Å². The Morgan fingerprint density at radius 2 is 2.15 bits per heavy atom.